The summed E-state index contributed by atoms with van der Waals surface area (Å²) in [6, 6.07) is 1.74. The number of ether oxygens (including phenoxy) is 2. The summed E-state index contributed by atoms with van der Waals surface area (Å²) in [6.45, 7) is 9.54. The molecule has 1 heterocycles. The summed E-state index contributed by atoms with van der Waals surface area (Å²) >= 11 is 0. The SMILES string of the molecule is C=CCCOCCNc1nccc(OC(C)C)n1. The molecule has 1 N–H and O–H groups in total. The smallest absolute Gasteiger partial charge is 0.226 e. The number of hydrogen-bond acceptors (Lipinski definition) is 5. The van der Waals surface area contributed by atoms with Crippen molar-refractivity contribution in [3.8, 4) is 5.88 Å². The van der Waals surface area contributed by atoms with E-state index in [9.17, 15) is 0 Å². The average Bonchev–Trinajstić information content (AvgIpc) is 2.33. The highest BCUT2D eigenvalue weighted by atomic mass is 16.5. The Morgan fingerprint density at radius 2 is 2.28 bits per heavy atom. The topological polar surface area (TPSA) is 56.3 Å². The molecule has 0 aromatic carbocycles. The molecule has 0 saturated carbocycles. The van der Waals surface area contributed by atoms with Crippen LogP contribution in [0.2, 0.25) is 0 Å². The van der Waals surface area contributed by atoms with Crippen molar-refractivity contribution in [1.29, 1.82) is 0 Å². The van der Waals surface area contributed by atoms with Crippen LogP contribution in [-0.4, -0.2) is 35.8 Å². The fourth-order valence-corrected chi connectivity index (χ4v) is 1.24. The molecule has 0 saturated heterocycles. The molecular weight excluding hydrogens is 230 g/mol. The molecule has 5 heteroatoms. The van der Waals surface area contributed by atoms with Crippen LogP contribution < -0.4 is 10.1 Å². The standard InChI is InChI=1S/C13H21N3O2/c1-4-5-9-17-10-8-15-13-14-7-6-12(16-13)18-11(2)3/h4,6-7,11H,1,5,8-10H2,2-3H3,(H,14,15,16). The van der Waals surface area contributed by atoms with E-state index in [4.69, 9.17) is 9.47 Å². The minimum atomic E-state index is 0.106. The molecule has 0 radical (unpaired) electrons. The number of aromatic nitrogens is 2. The minimum absolute atomic E-state index is 0.106. The summed E-state index contributed by atoms with van der Waals surface area (Å²) < 4.78 is 10.9. The molecule has 0 amide bonds. The van der Waals surface area contributed by atoms with E-state index in [1.807, 2.05) is 19.9 Å². The van der Waals surface area contributed by atoms with Gasteiger partial charge in [-0.2, -0.15) is 4.98 Å². The largest absolute Gasteiger partial charge is 0.475 e. The van der Waals surface area contributed by atoms with Crippen molar-refractivity contribution in [2.45, 2.75) is 26.4 Å². The number of nitrogens with zero attached hydrogens (tertiary/aromatic N) is 2. The summed E-state index contributed by atoms with van der Waals surface area (Å²) in [5.41, 5.74) is 0. The highest BCUT2D eigenvalue weighted by molar-refractivity contribution is 5.27. The number of anilines is 1. The molecule has 0 atom stereocenters. The van der Waals surface area contributed by atoms with Gasteiger partial charge in [0.05, 0.1) is 19.3 Å². The number of nitrogens with one attached hydrogen (secondary N) is 1. The van der Waals surface area contributed by atoms with E-state index >= 15 is 0 Å². The van der Waals surface area contributed by atoms with Crippen LogP contribution in [0.25, 0.3) is 0 Å². The van der Waals surface area contributed by atoms with E-state index < -0.39 is 0 Å². The Kier molecular flexibility index (Phi) is 6.79. The summed E-state index contributed by atoms with van der Waals surface area (Å²) in [5, 5.41) is 3.08. The Bertz CT molecular complexity index is 356. The Morgan fingerprint density at radius 1 is 1.44 bits per heavy atom. The quantitative estimate of drug-likeness (QED) is 0.539. The molecule has 1 rings (SSSR count). The molecule has 0 aliphatic rings. The second kappa shape index (κ2) is 8.47. The Labute approximate surface area is 108 Å². The van der Waals surface area contributed by atoms with E-state index in [1.54, 1.807) is 12.3 Å². The molecule has 0 fully saturated rings. The van der Waals surface area contributed by atoms with Crippen LogP contribution in [0, 0.1) is 0 Å². The summed E-state index contributed by atoms with van der Waals surface area (Å²) in [6.07, 6.45) is 4.48. The summed E-state index contributed by atoms with van der Waals surface area (Å²) in [4.78, 5) is 8.34. The van der Waals surface area contributed by atoms with Crippen molar-refractivity contribution >= 4 is 5.95 Å². The van der Waals surface area contributed by atoms with Crippen molar-refractivity contribution < 1.29 is 9.47 Å². The fraction of sp³-hybridized carbons (Fsp3) is 0.538. The molecule has 0 bridgehead atoms. The van der Waals surface area contributed by atoms with E-state index in [-0.39, 0.29) is 6.10 Å². The highest BCUT2D eigenvalue weighted by Crippen LogP contribution is 2.09. The van der Waals surface area contributed by atoms with Gasteiger partial charge in [-0.1, -0.05) is 6.08 Å². The maximum Gasteiger partial charge on any atom is 0.226 e. The predicted molar refractivity (Wildman–Crippen MR) is 71.9 cm³/mol. The van der Waals surface area contributed by atoms with Gasteiger partial charge in [0.2, 0.25) is 11.8 Å². The van der Waals surface area contributed by atoms with E-state index in [0.29, 0.717) is 31.6 Å². The van der Waals surface area contributed by atoms with Crippen molar-refractivity contribution in [1.82, 2.24) is 9.97 Å². The Hall–Kier alpha value is -1.62. The first kappa shape index (κ1) is 14.4. The summed E-state index contributed by atoms with van der Waals surface area (Å²) in [7, 11) is 0. The average molecular weight is 251 g/mol. The first-order valence-corrected chi connectivity index (χ1v) is 6.14. The zero-order chi connectivity index (χ0) is 13.2. The van der Waals surface area contributed by atoms with Crippen molar-refractivity contribution in [2.24, 2.45) is 0 Å². The molecule has 0 aliphatic heterocycles. The fourth-order valence-electron chi connectivity index (χ4n) is 1.24. The molecule has 100 valence electrons. The Balaban J connectivity index is 2.27. The lowest BCUT2D eigenvalue weighted by atomic mass is 10.4. The molecule has 1 aromatic rings. The molecule has 0 unspecified atom stereocenters. The van der Waals surface area contributed by atoms with E-state index in [2.05, 4.69) is 21.9 Å². The van der Waals surface area contributed by atoms with Gasteiger partial charge in [0.1, 0.15) is 0 Å². The normalized spacial score (nSPS) is 10.4. The third-order valence-electron chi connectivity index (χ3n) is 1.98. The van der Waals surface area contributed by atoms with Crippen LogP contribution in [-0.2, 0) is 4.74 Å². The molecule has 0 spiro atoms. The lowest BCUT2D eigenvalue weighted by Crippen LogP contribution is -2.13. The monoisotopic (exact) mass is 251 g/mol. The van der Waals surface area contributed by atoms with Gasteiger partial charge in [0.15, 0.2) is 0 Å². The second-order valence-corrected chi connectivity index (χ2v) is 4.00. The van der Waals surface area contributed by atoms with Gasteiger partial charge in [-0.3, -0.25) is 0 Å². The summed E-state index contributed by atoms with van der Waals surface area (Å²) in [5.74, 6) is 1.13. The second-order valence-electron chi connectivity index (χ2n) is 4.00. The van der Waals surface area contributed by atoms with Gasteiger partial charge in [0.25, 0.3) is 0 Å². The van der Waals surface area contributed by atoms with Crippen LogP contribution in [0.4, 0.5) is 5.95 Å². The highest BCUT2D eigenvalue weighted by Gasteiger charge is 2.01. The lowest BCUT2D eigenvalue weighted by Gasteiger charge is -2.10. The molecular formula is C13H21N3O2. The number of hydrogen-bond donors (Lipinski definition) is 1. The third kappa shape index (κ3) is 6.20. The van der Waals surface area contributed by atoms with Crippen LogP contribution in [0.1, 0.15) is 20.3 Å². The van der Waals surface area contributed by atoms with Crippen molar-refractivity contribution in [2.75, 3.05) is 25.1 Å². The lowest BCUT2D eigenvalue weighted by molar-refractivity contribution is 0.148. The van der Waals surface area contributed by atoms with Crippen LogP contribution in [0.15, 0.2) is 24.9 Å². The predicted octanol–water partition coefficient (Wildman–Crippen LogP) is 2.27. The van der Waals surface area contributed by atoms with Gasteiger partial charge in [-0.15, -0.1) is 6.58 Å². The van der Waals surface area contributed by atoms with Gasteiger partial charge in [0, 0.05) is 18.8 Å². The number of rotatable bonds is 9. The van der Waals surface area contributed by atoms with Gasteiger partial charge in [-0.05, 0) is 20.3 Å². The Morgan fingerprint density at radius 3 is 3.00 bits per heavy atom. The zero-order valence-corrected chi connectivity index (χ0v) is 11.1. The van der Waals surface area contributed by atoms with Gasteiger partial charge < -0.3 is 14.8 Å². The molecule has 0 aliphatic carbocycles. The first-order valence-electron chi connectivity index (χ1n) is 6.14. The van der Waals surface area contributed by atoms with Crippen molar-refractivity contribution in [3.63, 3.8) is 0 Å². The van der Waals surface area contributed by atoms with E-state index in [0.717, 1.165) is 6.42 Å². The minimum Gasteiger partial charge on any atom is -0.475 e. The van der Waals surface area contributed by atoms with E-state index in [1.165, 1.54) is 0 Å². The molecule has 1 aromatic heterocycles. The first-order chi connectivity index (χ1) is 8.72. The maximum absolute atomic E-state index is 5.48. The van der Waals surface area contributed by atoms with Crippen molar-refractivity contribution in [3.05, 3.63) is 24.9 Å². The van der Waals surface area contributed by atoms with Crippen LogP contribution in [0.5, 0.6) is 5.88 Å². The maximum atomic E-state index is 5.48. The van der Waals surface area contributed by atoms with Crippen LogP contribution >= 0.6 is 0 Å². The van der Waals surface area contributed by atoms with Crippen LogP contribution in [0.3, 0.4) is 0 Å². The third-order valence-corrected chi connectivity index (χ3v) is 1.98. The van der Waals surface area contributed by atoms with Gasteiger partial charge in [-0.25, -0.2) is 4.98 Å². The zero-order valence-electron chi connectivity index (χ0n) is 11.1. The molecule has 18 heavy (non-hydrogen) atoms. The van der Waals surface area contributed by atoms with Gasteiger partial charge >= 0.3 is 0 Å². The molecule has 5 nitrogen and oxygen atoms in total.